The van der Waals surface area contributed by atoms with Crippen LogP contribution in [-0.2, 0) is 11.2 Å². The van der Waals surface area contributed by atoms with Crippen molar-refractivity contribution in [2.24, 2.45) is 0 Å². The van der Waals surface area contributed by atoms with E-state index in [0.717, 1.165) is 32.5 Å². The molecule has 3 rings (SSSR count). The molecule has 6 heteroatoms. The molecule has 28 heavy (non-hydrogen) atoms. The van der Waals surface area contributed by atoms with Crippen LogP contribution in [0.1, 0.15) is 38.1 Å². The van der Waals surface area contributed by atoms with Gasteiger partial charge in [0.05, 0.1) is 7.11 Å². The molecule has 0 saturated carbocycles. The van der Waals surface area contributed by atoms with E-state index < -0.39 is 5.97 Å². The lowest BCUT2D eigenvalue weighted by Crippen LogP contribution is -2.14. The first-order chi connectivity index (χ1) is 13.4. The summed E-state index contributed by atoms with van der Waals surface area (Å²) in [6, 6.07) is 15.2. The summed E-state index contributed by atoms with van der Waals surface area (Å²) in [6.07, 6.45) is 0.912. The zero-order valence-corrected chi connectivity index (χ0v) is 18.2. The fraction of sp³-hybridized carbons (Fsp3) is 0.182. The number of rotatable bonds is 5. The molecule has 1 amide bonds. The Bertz CT molecular complexity index is 1010. The SMILES string of the molecule is CCc1ccc(C(=O)Nc2sc(C)c(-c3ccc(Br)cc3)c2C(=O)OC)cc1. The normalized spacial score (nSPS) is 10.6. The zero-order chi connectivity index (χ0) is 20.3. The molecular formula is C22H20BrNO3S. The number of thiophene rings is 1. The van der Waals surface area contributed by atoms with Crippen LogP contribution in [0, 0.1) is 6.92 Å². The van der Waals surface area contributed by atoms with Crippen LogP contribution in [-0.4, -0.2) is 19.0 Å². The molecule has 0 aliphatic heterocycles. The Labute approximate surface area is 176 Å². The largest absolute Gasteiger partial charge is 0.465 e. The first-order valence-electron chi connectivity index (χ1n) is 8.82. The molecule has 0 spiro atoms. The average molecular weight is 458 g/mol. The molecule has 144 valence electrons. The topological polar surface area (TPSA) is 55.4 Å². The maximum atomic E-state index is 12.7. The van der Waals surface area contributed by atoms with Gasteiger partial charge >= 0.3 is 5.97 Å². The standard InChI is InChI=1S/C22H20BrNO3S/c1-4-14-5-7-16(8-6-14)20(25)24-21-19(22(26)27-3)18(13(2)28-21)15-9-11-17(23)12-10-15/h5-12H,4H2,1-3H3,(H,24,25). The number of benzene rings is 2. The number of halogens is 1. The summed E-state index contributed by atoms with van der Waals surface area (Å²) in [6.45, 7) is 4.00. The van der Waals surface area contributed by atoms with Crippen molar-refractivity contribution in [3.63, 3.8) is 0 Å². The summed E-state index contributed by atoms with van der Waals surface area (Å²) in [5.74, 6) is -0.727. The summed E-state index contributed by atoms with van der Waals surface area (Å²) >= 11 is 4.80. The predicted octanol–water partition coefficient (Wildman–Crippen LogP) is 6.09. The molecule has 0 atom stereocenters. The van der Waals surface area contributed by atoms with Crippen molar-refractivity contribution in [1.29, 1.82) is 0 Å². The van der Waals surface area contributed by atoms with Crippen molar-refractivity contribution < 1.29 is 14.3 Å². The summed E-state index contributed by atoms with van der Waals surface area (Å²) in [5, 5.41) is 3.38. The van der Waals surface area contributed by atoms with E-state index in [4.69, 9.17) is 4.74 Å². The summed E-state index contributed by atoms with van der Waals surface area (Å²) < 4.78 is 5.95. The summed E-state index contributed by atoms with van der Waals surface area (Å²) in [5.41, 5.74) is 3.76. The molecule has 0 aliphatic carbocycles. The average Bonchev–Trinajstić information content (AvgIpc) is 3.03. The van der Waals surface area contributed by atoms with Gasteiger partial charge in [0.2, 0.25) is 0 Å². The molecule has 2 aromatic carbocycles. The van der Waals surface area contributed by atoms with Crippen LogP contribution < -0.4 is 5.32 Å². The number of hydrogen-bond donors (Lipinski definition) is 1. The first-order valence-corrected chi connectivity index (χ1v) is 10.4. The fourth-order valence-electron chi connectivity index (χ4n) is 2.96. The Balaban J connectivity index is 2.00. The fourth-order valence-corrected chi connectivity index (χ4v) is 4.28. The van der Waals surface area contributed by atoms with E-state index in [2.05, 4.69) is 28.2 Å². The van der Waals surface area contributed by atoms with E-state index >= 15 is 0 Å². The molecule has 0 saturated heterocycles. The number of hydrogen-bond acceptors (Lipinski definition) is 4. The van der Waals surface area contributed by atoms with Gasteiger partial charge < -0.3 is 10.1 Å². The maximum absolute atomic E-state index is 12.7. The van der Waals surface area contributed by atoms with Crippen LogP contribution in [0.4, 0.5) is 5.00 Å². The van der Waals surface area contributed by atoms with E-state index in [1.54, 1.807) is 12.1 Å². The van der Waals surface area contributed by atoms with Crippen LogP contribution in [0.2, 0.25) is 0 Å². The van der Waals surface area contributed by atoms with E-state index in [1.165, 1.54) is 18.4 Å². The zero-order valence-electron chi connectivity index (χ0n) is 15.8. The summed E-state index contributed by atoms with van der Waals surface area (Å²) in [4.78, 5) is 26.2. The Hall–Kier alpha value is -2.44. The number of anilines is 1. The number of amides is 1. The van der Waals surface area contributed by atoms with Crippen molar-refractivity contribution in [2.75, 3.05) is 12.4 Å². The van der Waals surface area contributed by atoms with Gasteiger partial charge in [0, 0.05) is 20.5 Å². The third-order valence-corrected chi connectivity index (χ3v) is 6.01. The van der Waals surface area contributed by atoms with E-state index in [9.17, 15) is 9.59 Å². The second-order valence-corrected chi connectivity index (χ2v) is 8.38. The van der Waals surface area contributed by atoms with Gasteiger partial charge in [-0.3, -0.25) is 4.79 Å². The van der Waals surface area contributed by atoms with Crippen molar-refractivity contribution in [2.45, 2.75) is 20.3 Å². The highest BCUT2D eigenvalue weighted by Gasteiger charge is 2.25. The van der Waals surface area contributed by atoms with Gasteiger partial charge in [-0.2, -0.15) is 0 Å². The van der Waals surface area contributed by atoms with Gasteiger partial charge in [0.1, 0.15) is 10.6 Å². The van der Waals surface area contributed by atoms with Crippen molar-refractivity contribution in [1.82, 2.24) is 0 Å². The van der Waals surface area contributed by atoms with E-state index in [0.29, 0.717) is 16.1 Å². The molecule has 0 unspecified atom stereocenters. The number of esters is 1. The smallest absolute Gasteiger partial charge is 0.341 e. The molecule has 1 heterocycles. The lowest BCUT2D eigenvalue weighted by Gasteiger charge is -2.09. The summed E-state index contributed by atoms with van der Waals surface area (Å²) in [7, 11) is 1.34. The number of aryl methyl sites for hydroxylation is 2. The Kier molecular flexibility index (Phi) is 6.31. The molecule has 4 nitrogen and oxygen atoms in total. The van der Waals surface area contributed by atoms with Crippen molar-refractivity contribution >= 4 is 44.1 Å². The molecule has 1 aromatic heterocycles. The second-order valence-electron chi connectivity index (χ2n) is 6.24. The maximum Gasteiger partial charge on any atom is 0.341 e. The monoisotopic (exact) mass is 457 g/mol. The number of nitrogens with one attached hydrogen (secondary N) is 1. The molecule has 0 bridgehead atoms. The molecule has 0 aliphatic rings. The molecule has 0 fully saturated rings. The molecule has 3 aromatic rings. The van der Waals surface area contributed by atoms with Crippen LogP contribution >= 0.6 is 27.3 Å². The van der Waals surface area contributed by atoms with Gasteiger partial charge in [-0.25, -0.2) is 4.79 Å². The van der Waals surface area contributed by atoms with Gasteiger partial charge in [0.15, 0.2) is 0 Å². The van der Waals surface area contributed by atoms with E-state index in [1.807, 2.05) is 43.3 Å². The van der Waals surface area contributed by atoms with Gasteiger partial charge in [-0.1, -0.05) is 47.1 Å². The van der Waals surface area contributed by atoms with E-state index in [-0.39, 0.29) is 5.91 Å². The minimum Gasteiger partial charge on any atom is -0.465 e. The van der Waals surface area contributed by atoms with Crippen LogP contribution in [0.3, 0.4) is 0 Å². The molecule has 0 radical (unpaired) electrons. The highest BCUT2D eigenvalue weighted by molar-refractivity contribution is 9.10. The number of carbonyl (C=O) groups excluding carboxylic acids is 2. The predicted molar refractivity (Wildman–Crippen MR) is 117 cm³/mol. The third-order valence-electron chi connectivity index (χ3n) is 4.46. The quantitative estimate of drug-likeness (QED) is 0.471. The highest BCUT2D eigenvalue weighted by atomic mass is 79.9. The highest BCUT2D eigenvalue weighted by Crippen LogP contribution is 2.40. The number of carbonyl (C=O) groups is 2. The Morgan fingerprint density at radius 2 is 1.71 bits per heavy atom. The van der Waals surface area contributed by atoms with Crippen LogP contribution in [0.25, 0.3) is 11.1 Å². The van der Waals surface area contributed by atoms with Crippen LogP contribution in [0.15, 0.2) is 53.0 Å². The van der Waals surface area contributed by atoms with Crippen LogP contribution in [0.5, 0.6) is 0 Å². The van der Waals surface area contributed by atoms with Gasteiger partial charge in [-0.15, -0.1) is 11.3 Å². The first kappa shape index (κ1) is 20.3. The van der Waals surface area contributed by atoms with Crippen molar-refractivity contribution in [3.05, 3.63) is 74.6 Å². The minimum atomic E-state index is -0.473. The molecule has 1 N–H and O–H groups in total. The number of methoxy groups -OCH3 is 1. The minimum absolute atomic E-state index is 0.253. The Morgan fingerprint density at radius 1 is 1.07 bits per heavy atom. The second kappa shape index (κ2) is 8.71. The van der Waals surface area contributed by atoms with Crippen molar-refractivity contribution in [3.8, 4) is 11.1 Å². The van der Waals surface area contributed by atoms with Gasteiger partial charge in [-0.05, 0) is 48.7 Å². The lowest BCUT2D eigenvalue weighted by molar-refractivity contribution is 0.0603. The Morgan fingerprint density at radius 3 is 2.29 bits per heavy atom. The lowest BCUT2D eigenvalue weighted by atomic mass is 10.0. The molecular weight excluding hydrogens is 438 g/mol. The van der Waals surface area contributed by atoms with Gasteiger partial charge in [0.25, 0.3) is 5.91 Å². The third kappa shape index (κ3) is 4.18. The number of ether oxygens (including phenoxy) is 1.